The van der Waals surface area contributed by atoms with Crippen LogP contribution in [0.25, 0.3) is 0 Å². The fourth-order valence-electron chi connectivity index (χ4n) is 12.5. The van der Waals surface area contributed by atoms with Gasteiger partial charge in [0.2, 0.25) is 0 Å². The molecule has 280 valence electrons. The molecule has 50 heavy (non-hydrogen) atoms. The second kappa shape index (κ2) is 13.5. The number of hydrogen-bond acceptors (Lipinski definition) is 8. The number of aromatic nitrogens is 4. The van der Waals surface area contributed by atoms with Crippen molar-refractivity contribution < 1.29 is 9.47 Å². The van der Waals surface area contributed by atoms with Gasteiger partial charge in [-0.3, -0.25) is 4.90 Å². The molecule has 3 aliphatic heterocycles. The average molecular weight is 709 g/mol. The van der Waals surface area contributed by atoms with Gasteiger partial charge in [0.25, 0.3) is 5.95 Å². The molecule has 4 heterocycles. The highest BCUT2D eigenvalue weighted by Crippen LogP contribution is 2.74. The van der Waals surface area contributed by atoms with Gasteiger partial charge in [-0.15, -0.1) is 16.9 Å². The highest BCUT2D eigenvalue weighted by molar-refractivity contribution is 8.01. The summed E-state index contributed by atoms with van der Waals surface area (Å²) in [7, 11) is 0. The number of fused-ring (bicyclic) bond motifs is 3. The van der Waals surface area contributed by atoms with E-state index in [0.717, 1.165) is 37.4 Å². The molecule has 9 heteroatoms. The molecule has 7 aliphatic rings. The van der Waals surface area contributed by atoms with Crippen molar-refractivity contribution in [2.24, 2.45) is 51.2 Å². The Balaban J connectivity index is 0.000000593. The van der Waals surface area contributed by atoms with Crippen LogP contribution in [-0.2, 0) is 9.47 Å². The van der Waals surface area contributed by atoms with Gasteiger partial charge in [-0.05, 0) is 129 Å². The number of thioether (sulfide) groups is 1. The molecule has 4 bridgehead atoms. The lowest BCUT2D eigenvalue weighted by atomic mass is 9.37. The van der Waals surface area contributed by atoms with Gasteiger partial charge >= 0.3 is 0 Å². The minimum absolute atomic E-state index is 0.0876. The van der Waals surface area contributed by atoms with E-state index in [-0.39, 0.29) is 27.8 Å². The number of nitrogens with zero attached hydrogens (tertiary/aromatic N) is 4. The minimum Gasteiger partial charge on any atom is -0.379 e. The van der Waals surface area contributed by atoms with Crippen molar-refractivity contribution in [3.63, 3.8) is 0 Å². The lowest BCUT2D eigenvalue weighted by Crippen LogP contribution is -2.68. The number of piperidine rings is 1. The van der Waals surface area contributed by atoms with E-state index >= 15 is 0 Å². The molecular formula is C41H68N6O2S. The van der Waals surface area contributed by atoms with Gasteiger partial charge in [0.15, 0.2) is 0 Å². The predicted octanol–water partition coefficient (Wildman–Crippen LogP) is 8.35. The summed E-state index contributed by atoms with van der Waals surface area (Å²) in [5.41, 5.74) is 8.16. The molecule has 0 aromatic carbocycles. The normalized spacial score (nSPS) is 42.7. The van der Waals surface area contributed by atoms with Gasteiger partial charge in [-0.1, -0.05) is 83.8 Å². The number of likely N-dealkylation sites (tertiary alicyclic amines) is 1. The van der Waals surface area contributed by atoms with E-state index in [4.69, 9.17) is 15.2 Å². The average Bonchev–Trinajstić information content (AvgIpc) is 3.59. The first kappa shape index (κ1) is 36.9. The van der Waals surface area contributed by atoms with Gasteiger partial charge in [0.1, 0.15) is 0 Å². The number of nitrogens with two attached hydrogens (primary N) is 1. The summed E-state index contributed by atoms with van der Waals surface area (Å²) in [6, 6.07) is 0. The number of ether oxygens (including phenoxy) is 2. The maximum absolute atomic E-state index is 7.17. The van der Waals surface area contributed by atoms with E-state index in [2.05, 4.69) is 111 Å². The van der Waals surface area contributed by atoms with E-state index in [1.807, 2.05) is 0 Å². The highest BCUT2D eigenvalue weighted by Gasteiger charge is 2.69. The molecule has 1 aromatic rings. The lowest BCUT2D eigenvalue weighted by molar-refractivity contribution is -0.173. The van der Waals surface area contributed by atoms with Crippen LogP contribution in [0.4, 0.5) is 5.95 Å². The number of anilines is 1. The molecule has 0 amide bonds. The molecule has 8 nitrogen and oxygen atoms in total. The summed E-state index contributed by atoms with van der Waals surface area (Å²) >= 11 is 2.25. The Kier molecular flexibility index (Phi) is 9.94. The molecule has 3 N–H and O–H groups in total. The zero-order valence-electron chi connectivity index (χ0n) is 32.6. The van der Waals surface area contributed by atoms with E-state index in [0.29, 0.717) is 34.0 Å². The third kappa shape index (κ3) is 5.68. The molecule has 2 saturated carbocycles. The molecule has 5 fully saturated rings. The molecule has 3 saturated heterocycles. The van der Waals surface area contributed by atoms with E-state index in [9.17, 15) is 0 Å². The van der Waals surface area contributed by atoms with Crippen LogP contribution in [-0.4, -0.2) is 80.6 Å². The summed E-state index contributed by atoms with van der Waals surface area (Å²) in [5, 5.41) is 12.0. The number of hydrogen-bond donors (Lipinski definition) is 2. The Morgan fingerprint density at radius 1 is 1.08 bits per heavy atom. The van der Waals surface area contributed by atoms with Gasteiger partial charge in [-0.25, -0.2) is 0 Å². The Morgan fingerprint density at radius 2 is 1.86 bits per heavy atom. The SMILES string of the molecule is CC(C)[C@@H](C)[C@@]12CC=C[C@]3(CC=C4C(CCC5C46COC[C@]5(C)C(OC[C@@](C)(C(C)C)N4CCCCC4)CS6)C3(C)CC1)C2.Nc1nn[nH]n1. The van der Waals surface area contributed by atoms with E-state index in [1.54, 1.807) is 5.57 Å². The number of H-pyrrole nitrogens is 1. The van der Waals surface area contributed by atoms with Gasteiger partial charge in [0, 0.05) is 16.7 Å². The summed E-state index contributed by atoms with van der Waals surface area (Å²) < 4.78 is 14.0. The predicted molar refractivity (Wildman–Crippen MR) is 205 cm³/mol. The summed E-state index contributed by atoms with van der Waals surface area (Å²) in [6.07, 6.45) is 22.0. The van der Waals surface area contributed by atoms with Crippen molar-refractivity contribution in [3.8, 4) is 0 Å². The zero-order chi connectivity index (χ0) is 35.6. The third-order valence-corrected chi connectivity index (χ3v) is 18.1. The summed E-state index contributed by atoms with van der Waals surface area (Å²) in [5.74, 6) is 4.77. The van der Waals surface area contributed by atoms with Gasteiger partial charge < -0.3 is 15.2 Å². The van der Waals surface area contributed by atoms with Crippen molar-refractivity contribution in [2.45, 2.75) is 136 Å². The third-order valence-electron chi connectivity index (χ3n) is 16.5. The quantitative estimate of drug-likeness (QED) is 0.273. The van der Waals surface area contributed by atoms with Crippen molar-refractivity contribution in [1.29, 1.82) is 0 Å². The Hall–Kier alpha value is -1.42. The van der Waals surface area contributed by atoms with Crippen LogP contribution in [0, 0.1) is 51.2 Å². The smallest absolute Gasteiger partial charge is 0.260 e. The molecule has 8 rings (SSSR count). The molecule has 4 aliphatic carbocycles. The second-order valence-corrected chi connectivity index (χ2v) is 20.5. The Labute approximate surface area is 307 Å². The largest absolute Gasteiger partial charge is 0.379 e. The first-order valence-electron chi connectivity index (χ1n) is 20.2. The standard InChI is InChI=1S/C40H65NO2S.CH3N5/c1-28(2)30(5)38-16-12-17-39(24-38)18-15-32-31(36(39,7)19-20-38)13-14-33-35(6)25-42-27-40(32,33)44-23-34(35)43-26-37(8,29(3)4)41-21-10-9-11-22-41;2-1-3-5-6-4-1/h12,15,17,28-31,33-34H,9-11,13-14,16,18-27H2,1-8H3;(H3,2,3,4,5,6)/t30-,31?,33?,34?,35+,36?,37+,38+,39+,40?;/m1./s1. The fourth-order valence-corrected chi connectivity index (χ4v) is 14.6. The topological polar surface area (TPSA) is 102 Å². The van der Waals surface area contributed by atoms with Gasteiger partial charge in [0.05, 0.1) is 30.7 Å². The maximum atomic E-state index is 7.17. The molecular weight excluding hydrogens is 641 g/mol. The van der Waals surface area contributed by atoms with Crippen LogP contribution in [0.2, 0.25) is 0 Å². The molecule has 5 unspecified atom stereocenters. The van der Waals surface area contributed by atoms with Crippen molar-refractivity contribution >= 4 is 17.7 Å². The first-order chi connectivity index (χ1) is 23.8. The van der Waals surface area contributed by atoms with Crippen LogP contribution >= 0.6 is 11.8 Å². The number of rotatable bonds is 7. The number of nitrogens with one attached hydrogen (secondary N) is 1. The van der Waals surface area contributed by atoms with Crippen LogP contribution in [0.15, 0.2) is 23.8 Å². The molecule has 1 spiro atoms. The van der Waals surface area contributed by atoms with Gasteiger partial charge in [-0.2, -0.15) is 5.21 Å². The summed E-state index contributed by atoms with van der Waals surface area (Å²) in [4.78, 5) is 2.76. The lowest BCUT2D eigenvalue weighted by Gasteiger charge is -2.70. The van der Waals surface area contributed by atoms with E-state index < -0.39 is 0 Å². The van der Waals surface area contributed by atoms with Crippen LogP contribution in [0.1, 0.15) is 120 Å². The number of aromatic amines is 1. The Bertz CT molecular complexity index is 1410. The van der Waals surface area contributed by atoms with Crippen LogP contribution in [0.5, 0.6) is 0 Å². The highest BCUT2D eigenvalue weighted by atomic mass is 32.2. The second-order valence-electron chi connectivity index (χ2n) is 19.1. The van der Waals surface area contributed by atoms with Crippen molar-refractivity contribution in [3.05, 3.63) is 23.8 Å². The van der Waals surface area contributed by atoms with Crippen molar-refractivity contribution in [1.82, 2.24) is 25.5 Å². The van der Waals surface area contributed by atoms with E-state index in [1.165, 1.54) is 77.3 Å². The fraction of sp³-hybridized carbons (Fsp3) is 0.878. The number of allylic oxidation sites excluding steroid dienone is 3. The Morgan fingerprint density at radius 3 is 2.52 bits per heavy atom. The molecule has 10 atom stereocenters. The zero-order valence-corrected chi connectivity index (χ0v) is 33.4. The summed E-state index contributed by atoms with van der Waals surface area (Å²) in [6.45, 7) is 25.2. The molecule has 1 aromatic heterocycles. The van der Waals surface area contributed by atoms with Crippen molar-refractivity contribution in [2.75, 3.05) is 44.4 Å². The number of tetrazole rings is 1. The number of nitrogen functional groups attached to an aromatic ring is 1. The van der Waals surface area contributed by atoms with Crippen LogP contribution in [0.3, 0.4) is 0 Å². The minimum atomic E-state index is 0.0876. The monoisotopic (exact) mass is 709 g/mol. The maximum Gasteiger partial charge on any atom is 0.260 e. The van der Waals surface area contributed by atoms with Crippen LogP contribution < -0.4 is 5.73 Å². The molecule has 0 radical (unpaired) electrons. The first-order valence-corrected chi connectivity index (χ1v) is 21.2.